The number of halogens is 14. The molecule has 10 fully saturated rings. The van der Waals surface area contributed by atoms with Gasteiger partial charge in [-0.3, -0.25) is 0 Å². The Bertz CT molecular complexity index is 4350. The van der Waals surface area contributed by atoms with Crippen molar-refractivity contribution < 1.29 is 62.6 Å². The molecule has 0 aliphatic heterocycles. The van der Waals surface area contributed by atoms with Gasteiger partial charge in [-0.1, -0.05) is 309 Å². The molecule has 138 heavy (non-hydrogen) atoms. The van der Waals surface area contributed by atoms with Gasteiger partial charge in [0.2, 0.25) is 0 Å². The molecular formula is C124H192Cl3F11. The predicted molar refractivity (Wildman–Crippen MR) is 579 cm³/mol. The minimum atomic E-state index is -0.676. The predicted octanol–water partition coefficient (Wildman–Crippen LogP) is 43.3. The van der Waals surface area contributed by atoms with Crippen LogP contribution in [0.5, 0.6) is 0 Å². The van der Waals surface area contributed by atoms with Gasteiger partial charge in [0.05, 0.1) is 15.1 Å². The average Bonchev–Trinajstić information content (AvgIpc) is 0.807. The number of hydrogen-bond acceptors (Lipinski definition) is 0. The van der Waals surface area contributed by atoms with E-state index in [0.717, 1.165) is 188 Å². The Morgan fingerprint density at radius 1 is 0.188 bits per heavy atom. The van der Waals surface area contributed by atoms with Crippen LogP contribution in [0.25, 0.3) is 0 Å². The second kappa shape index (κ2) is 55.8. The molecule has 10 aliphatic rings. The largest absolute Gasteiger partial charge is 0.205 e. The Balaban J connectivity index is 0.000000855. The van der Waals surface area contributed by atoms with Gasteiger partial charge < -0.3 is 0 Å². The van der Waals surface area contributed by atoms with Crippen molar-refractivity contribution in [3.8, 4) is 0 Å². The van der Waals surface area contributed by atoms with Gasteiger partial charge in [-0.15, -0.1) is 0 Å². The van der Waals surface area contributed by atoms with Gasteiger partial charge in [-0.25, -0.2) is 48.3 Å². The molecule has 0 atom stereocenters. The van der Waals surface area contributed by atoms with Crippen molar-refractivity contribution in [2.45, 2.75) is 423 Å². The first-order valence-corrected chi connectivity index (χ1v) is 56.2. The molecule has 10 aliphatic carbocycles. The third-order valence-electron chi connectivity index (χ3n) is 36.0. The standard InChI is InChI=1S/C20H28ClF.2C20H28F2.2C16H22ClF.2C16H22F2.10H2/c3*1-13-3-6-15(7-4-13)16-8-10-17(11-9-16)18-12-5-14(2)19(21)20(18)22;2*1-11-3-6-13(7-4-11)8-10-14-9-5-12(2)16(18)15(14)17;2*1-11-3-6-13(7-4-11)8-10-14-9-5-12(2)15(17)16(14)18;;;;;;;;;;/h3*5,12-13,15-17H,3-4,6-11H2,1-2H3;4*5,9,11,13H,3-4,6-8,10H2,1-2H3;10*1H. The van der Waals surface area contributed by atoms with Gasteiger partial charge in [0.15, 0.2) is 46.5 Å². The van der Waals surface area contributed by atoms with Crippen LogP contribution in [0.1, 0.15) is 441 Å². The summed E-state index contributed by atoms with van der Waals surface area (Å²) < 4.78 is 152. The van der Waals surface area contributed by atoms with Crippen LogP contribution in [0.3, 0.4) is 0 Å². The van der Waals surface area contributed by atoms with Crippen molar-refractivity contribution in [3.63, 3.8) is 0 Å². The highest BCUT2D eigenvalue weighted by atomic mass is 35.5. The zero-order valence-electron chi connectivity index (χ0n) is 86.9. The lowest BCUT2D eigenvalue weighted by molar-refractivity contribution is 0.164. The third kappa shape index (κ3) is 33.1. The van der Waals surface area contributed by atoms with Crippen molar-refractivity contribution in [1.29, 1.82) is 0 Å². The van der Waals surface area contributed by atoms with E-state index in [4.69, 9.17) is 34.8 Å². The molecule has 17 rings (SSSR count). The summed E-state index contributed by atoms with van der Waals surface area (Å²) in [6, 6.07) is 25.4. The highest BCUT2D eigenvalue weighted by Crippen LogP contribution is 2.50. The molecule has 0 spiro atoms. The molecule has 786 valence electrons. The highest BCUT2D eigenvalue weighted by Gasteiger charge is 2.37. The average molecular weight is 2000 g/mol. The minimum absolute atomic E-state index is 0. The van der Waals surface area contributed by atoms with E-state index in [2.05, 4.69) is 48.5 Å². The fourth-order valence-corrected chi connectivity index (χ4v) is 26.1. The van der Waals surface area contributed by atoms with Gasteiger partial charge in [0.25, 0.3) is 0 Å². The fourth-order valence-electron chi connectivity index (χ4n) is 25.3. The Morgan fingerprint density at radius 2 is 0.370 bits per heavy atom. The molecule has 0 unspecified atom stereocenters. The first kappa shape index (κ1) is 113. The third-order valence-corrected chi connectivity index (χ3v) is 37.3. The van der Waals surface area contributed by atoms with E-state index in [1.807, 2.05) is 43.3 Å². The molecule has 0 heterocycles. The second-order valence-corrected chi connectivity index (χ2v) is 47.7. The fraction of sp³-hybridized carbons (Fsp3) is 0.661. The van der Waals surface area contributed by atoms with Gasteiger partial charge in [-0.05, 0) is 412 Å². The number of rotatable bonds is 18. The maximum Gasteiger partial charge on any atom is 0.162 e. The molecule has 10 saturated carbocycles. The van der Waals surface area contributed by atoms with Crippen molar-refractivity contribution in [3.05, 3.63) is 242 Å². The van der Waals surface area contributed by atoms with E-state index in [1.54, 1.807) is 90.1 Å². The van der Waals surface area contributed by atoms with Crippen LogP contribution in [0.2, 0.25) is 15.1 Å². The van der Waals surface area contributed by atoms with E-state index >= 15 is 0 Å². The number of hydrogen-bond donors (Lipinski definition) is 0. The maximum absolute atomic E-state index is 14.4. The molecule has 0 amide bonds. The van der Waals surface area contributed by atoms with Crippen LogP contribution in [0, 0.1) is 213 Å². The van der Waals surface area contributed by atoms with Crippen molar-refractivity contribution in [2.24, 2.45) is 101 Å². The van der Waals surface area contributed by atoms with Crippen LogP contribution < -0.4 is 0 Å². The zero-order valence-corrected chi connectivity index (χ0v) is 89.1. The van der Waals surface area contributed by atoms with Gasteiger partial charge in [0.1, 0.15) is 17.5 Å². The SMILES string of the molecule is Cc1ccc(C2CCC(C3CCC(C)CC3)CC2)c(F)c1Cl.Cc1ccc(C2CCC(C3CCC(C)CC3)CC2)c(F)c1F.Cc1ccc(C2CCC(C3CCC(C)CC3)CC2)c(F)c1F.Cc1ccc(CCC2CCC(C)CC2)c(Cl)c1F.Cc1ccc(CCC2CCC(C)CC2)c(Cl)c1F.Cc1ccc(CCC2CCC(C)CC2)c(F)c1F.Cc1ccc(CCC2CCC(C)CC2)c(F)c1F.[HH].[HH].[HH].[HH].[HH].[HH].[HH].[HH].[HH].[HH]. The van der Waals surface area contributed by atoms with Crippen molar-refractivity contribution in [2.75, 3.05) is 0 Å². The normalized spacial score (nSPS) is 28.4. The summed E-state index contributed by atoms with van der Waals surface area (Å²) in [5, 5.41) is 0.985. The summed E-state index contributed by atoms with van der Waals surface area (Å²) in [6.45, 7) is 28.2. The Hall–Kier alpha value is -5.36. The smallest absolute Gasteiger partial charge is 0.162 e. The first-order valence-electron chi connectivity index (χ1n) is 55.1. The van der Waals surface area contributed by atoms with Crippen LogP contribution in [-0.4, -0.2) is 0 Å². The van der Waals surface area contributed by atoms with Crippen LogP contribution in [0.15, 0.2) is 84.9 Å². The summed E-state index contributed by atoms with van der Waals surface area (Å²) in [4.78, 5) is 0. The monoisotopic (exact) mass is 2000 g/mol. The van der Waals surface area contributed by atoms with Crippen LogP contribution >= 0.6 is 34.8 Å². The lowest BCUT2D eigenvalue weighted by Crippen LogP contribution is -2.25. The molecule has 0 N–H and O–H groups in total. The van der Waals surface area contributed by atoms with Crippen LogP contribution in [0.4, 0.5) is 48.3 Å². The molecule has 7 aromatic rings. The number of benzene rings is 7. The quantitative estimate of drug-likeness (QED) is 0.0751. The molecule has 0 aromatic heterocycles. The maximum atomic E-state index is 14.4. The van der Waals surface area contributed by atoms with Gasteiger partial charge in [0, 0.05) is 14.3 Å². The lowest BCUT2D eigenvalue weighted by Gasteiger charge is -2.37. The molecule has 0 nitrogen and oxygen atoms in total. The molecule has 0 bridgehead atoms. The van der Waals surface area contributed by atoms with Gasteiger partial charge in [-0.2, -0.15) is 0 Å². The van der Waals surface area contributed by atoms with E-state index in [-0.39, 0.29) is 43.6 Å². The molecule has 14 heteroatoms. The van der Waals surface area contributed by atoms with Gasteiger partial charge >= 0.3 is 0 Å². The number of aryl methyl sites for hydroxylation is 11. The minimum Gasteiger partial charge on any atom is -0.205 e. The molecular weight excluding hydrogens is 1800 g/mol. The van der Waals surface area contributed by atoms with Crippen molar-refractivity contribution >= 4 is 34.8 Å². The summed E-state index contributed by atoms with van der Waals surface area (Å²) in [5.41, 5.74) is 8.80. The Kier molecular flexibility index (Phi) is 45.7. The lowest BCUT2D eigenvalue weighted by atomic mass is 9.68. The summed E-state index contributed by atoms with van der Waals surface area (Å²) in [5.74, 6) is 9.44. The summed E-state index contributed by atoms with van der Waals surface area (Å²) >= 11 is 18.2. The zero-order chi connectivity index (χ0) is 99.6. The van der Waals surface area contributed by atoms with E-state index in [1.165, 1.54) is 218 Å². The van der Waals surface area contributed by atoms with E-state index in [9.17, 15) is 48.3 Å². The molecule has 7 aromatic carbocycles. The topological polar surface area (TPSA) is 0 Å². The first-order chi connectivity index (χ1) is 66.0. The second-order valence-electron chi connectivity index (χ2n) is 46.5. The van der Waals surface area contributed by atoms with E-state index in [0.29, 0.717) is 101 Å². The summed E-state index contributed by atoms with van der Waals surface area (Å²) in [7, 11) is 0. The molecule has 0 radical (unpaired) electrons. The highest BCUT2D eigenvalue weighted by molar-refractivity contribution is 6.32. The summed E-state index contributed by atoms with van der Waals surface area (Å²) in [6.07, 6.45) is 58.6. The Morgan fingerprint density at radius 3 is 0.616 bits per heavy atom. The van der Waals surface area contributed by atoms with Crippen LogP contribution in [-0.2, 0) is 25.7 Å². The molecule has 0 saturated heterocycles. The Labute approximate surface area is 857 Å². The van der Waals surface area contributed by atoms with Crippen molar-refractivity contribution in [1.82, 2.24) is 0 Å². The van der Waals surface area contributed by atoms with E-state index < -0.39 is 46.5 Å².